The monoisotopic (exact) mass is 474 g/mol. The molecule has 0 aliphatic carbocycles. The van der Waals surface area contributed by atoms with E-state index in [2.05, 4.69) is 9.97 Å². The summed E-state index contributed by atoms with van der Waals surface area (Å²) in [5.74, 6) is -0.333. The minimum atomic E-state index is -4.37. The summed E-state index contributed by atoms with van der Waals surface area (Å²) in [4.78, 5) is 19.8. The lowest BCUT2D eigenvalue weighted by Gasteiger charge is -2.12. The van der Waals surface area contributed by atoms with Gasteiger partial charge >= 0.3 is 12.1 Å². The fourth-order valence-electron chi connectivity index (χ4n) is 3.65. The van der Waals surface area contributed by atoms with Crippen molar-refractivity contribution in [2.24, 2.45) is 0 Å². The van der Waals surface area contributed by atoms with Crippen molar-refractivity contribution in [2.45, 2.75) is 32.4 Å². The van der Waals surface area contributed by atoms with Crippen molar-refractivity contribution in [1.29, 1.82) is 0 Å². The van der Waals surface area contributed by atoms with E-state index in [1.807, 2.05) is 32.0 Å². The average molecular weight is 475 g/mol. The summed E-state index contributed by atoms with van der Waals surface area (Å²) < 4.78 is 44.4. The van der Waals surface area contributed by atoms with E-state index in [-0.39, 0.29) is 12.3 Å². The van der Waals surface area contributed by atoms with E-state index in [1.165, 1.54) is 23.5 Å². The van der Waals surface area contributed by atoms with Crippen molar-refractivity contribution >= 4 is 28.2 Å². The number of aromatic nitrogens is 2. The fourth-order valence-corrected chi connectivity index (χ4v) is 4.69. The van der Waals surface area contributed by atoms with Crippen molar-refractivity contribution in [3.05, 3.63) is 70.4 Å². The van der Waals surface area contributed by atoms with Gasteiger partial charge in [0.2, 0.25) is 0 Å². The van der Waals surface area contributed by atoms with Crippen molar-refractivity contribution in [1.82, 2.24) is 9.97 Å². The molecule has 0 amide bonds. The SMILES string of the molecule is Cc1sc(-c2ccc(C(F)(F)F)cc2)nc1[C@@H](C)COc1ccc2[nH]cc(CC(=O)O)c2c1. The number of benzene rings is 2. The van der Waals surface area contributed by atoms with Gasteiger partial charge in [-0.15, -0.1) is 11.3 Å². The number of aliphatic carboxylic acids is 1. The third kappa shape index (κ3) is 5.03. The number of ether oxygens (including phenoxy) is 1. The van der Waals surface area contributed by atoms with Crippen LogP contribution in [-0.4, -0.2) is 27.7 Å². The molecule has 9 heteroatoms. The number of H-pyrrole nitrogens is 1. The number of alkyl halides is 3. The van der Waals surface area contributed by atoms with Gasteiger partial charge in [0, 0.05) is 33.5 Å². The predicted octanol–water partition coefficient (Wildman–Crippen LogP) is 6.43. The third-order valence-corrected chi connectivity index (χ3v) is 6.37. The lowest BCUT2D eigenvalue weighted by Crippen LogP contribution is -2.08. The van der Waals surface area contributed by atoms with E-state index in [9.17, 15) is 18.0 Å². The molecule has 4 aromatic rings. The number of nitrogens with one attached hydrogen (secondary N) is 1. The first-order chi connectivity index (χ1) is 15.6. The van der Waals surface area contributed by atoms with Gasteiger partial charge in [-0.1, -0.05) is 19.1 Å². The number of thiazole rings is 1. The van der Waals surface area contributed by atoms with Crippen LogP contribution in [0.2, 0.25) is 0 Å². The molecule has 2 aromatic carbocycles. The molecule has 0 aliphatic heterocycles. The molecule has 5 nitrogen and oxygen atoms in total. The van der Waals surface area contributed by atoms with Crippen LogP contribution in [-0.2, 0) is 17.4 Å². The number of carbonyl (C=O) groups is 1. The maximum atomic E-state index is 12.8. The Morgan fingerprint density at radius 1 is 1.21 bits per heavy atom. The second-order valence-corrected chi connectivity index (χ2v) is 9.04. The standard InChI is InChI=1S/C24H21F3N2O3S/c1-13(12-32-18-7-8-20-19(10-18)16(11-28-20)9-21(30)31)22-14(2)33-23(29-22)15-3-5-17(6-4-15)24(25,26)27/h3-8,10-11,13,28H,9,12H2,1-2H3,(H,30,31)/t13-/m0/s1. The Kier molecular flexibility index (Phi) is 6.16. The molecular weight excluding hydrogens is 453 g/mol. The zero-order valence-corrected chi connectivity index (χ0v) is 18.7. The molecular formula is C24H21F3N2O3S. The summed E-state index contributed by atoms with van der Waals surface area (Å²) in [6.45, 7) is 4.26. The van der Waals surface area contributed by atoms with Crippen LogP contribution >= 0.6 is 11.3 Å². The zero-order valence-electron chi connectivity index (χ0n) is 17.9. The van der Waals surface area contributed by atoms with Crippen LogP contribution < -0.4 is 4.74 Å². The van der Waals surface area contributed by atoms with Gasteiger partial charge in [0.05, 0.1) is 24.3 Å². The van der Waals surface area contributed by atoms with Crippen molar-refractivity contribution in [3.8, 4) is 16.3 Å². The lowest BCUT2D eigenvalue weighted by atomic mass is 10.1. The molecule has 0 saturated carbocycles. The topological polar surface area (TPSA) is 75.2 Å². The van der Waals surface area contributed by atoms with Gasteiger partial charge in [0.15, 0.2) is 0 Å². The number of carboxylic acid groups (broad SMARTS) is 1. The molecule has 2 aromatic heterocycles. The third-order valence-electron chi connectivity index (χ3n) is 5.34. The van der Waals surface area contributed by atoms with E-state index >= 15 is 0 Å². The highest BCUT2D eigenvalue weighted by molar-refractivity contribution is 7.15. The molecule has 0 bridgehead atoms. The van der Waals surface area contributed by atoms with Crippen LogP contribution in [0.15, 0.2) is 48.7 Å². The van der Waals surface area contributed by atoms with Gasteiger partial charge in [-0.2, -0.15) is 13.2 Å². The summed E-state index contributed by atoms with van der Waals surface area (Å²) in [5.41, 5.74) is 2.31. The Morgan fingerprint density at radius 2 is 1.94 bits per heavy atom. The summed E-state index contributed by atoms with van der Waals surface area (Å²) in [7, 11) is 0. The second-order valence-electron chi connectivity index (χ2n) is 7.84. The van der Waals surface area contributed by atoms with Gasteiger partial charge in [0.1, 0.15) is 10.8 Å². The van der Waals surface area contributed by atoms with Crippen LogP contribution in [0.25, 0.3) is 21.5 Å². The van der Waals surface area contributed by atoms with Crippen LogP contribution in [0.4, 0.5) is 13.2 Å². The number of hydrogen-bond donors (Lipinski definition) is 2. The minimum absolute atomic E-state index is 0.0511. The Hall–Kier alpha value is -3.33. The number of aromatic amines is 1. The first-order valence-electron chi connectivity index (χ1n) is 10.2. The first kappa shape index (κ1) is 22.8. The molecule has 1 atom stereocenters. The molecule has 4 rings (SSSR count). The molecule has 0 saturated heterocycles. The average Bonchev–Trinajstić information content (AvgIpc) is 3.34. The zero-order chi connectivity index (χ0) is 23.8. The van der Waals surface area contributed by atoms with Crippen molar-refractivity contribution in [2.75, 3.05) is 6.61 Å². The summed E-state index contributed by atoms with van der Waals surface area (Å²) in [6.07, 6.45) is -2.76. The molecule has 172 valence electrons. The van der Waals surface area contributed by atoms with Crippen LogP contribution in [0.3, 0.4) is 0 Å². The van der Waals surface area contributed by atoms with Crippen molar-refractivity contribution in [3.63, 3.8) is 0 Å². The number of aryl methyl sites for hydroxylation is 1. The minimum Gasteiger partial charge on any atom is -0.493 e. The predicted molar refractivity (Wildman–Crippen MR) is 121 cm³/mol. The van der Waals surface area contributed by atoms with Crippen LogP contribution in [0.5, 0.6) is 5.75 Å². The van der Waals surface area contributed by atoms with Gasteiger partial charge < -0.3 is 14.8 Å². The Bertz CT molecular complexity index is 1290. The van der Waals surface area contributed by atoms with Gasteiger partial charge in [-0.25, -0.2) is 4.98 Å². The van der Waals surface area contributed by atoms with Gasteiger partial charge in [-0.05, 0) is 42.8 Å². The second kappa shape index (κ2) is 8.90. The van der Waals surface area contributed by atoms with Crippen LogP contribution in [0, 0.1) is 6.92 Å². The quantitative estimate of drug-likeness (QED) is 0.324. The summed E-state index contributed by atoms with van der Waals surface area (Å²) in [6, 6.07) is 10.5. The maximum Gasteiger partial charge on any atom is 0.416 e. The highest BCUT2D eigenvalue weighted by Crippen LogP contribution is 2.34. The molecule has 33 heavy (non-hydrogen) atoms. The van der Waals surface area contributed by atoms with Gasteiger partial charge in [0.25, 0.3) is 0 Å². The Labute approximate surface area is 191 Å². The normalized spacial score (nSPS) is 12.8. The fraction of sp³-hybridized carbons (Fsp3) is 0.250. The van der Waals surface area contributed by atoms with Crippen molar-refractivity contribution < 1.29 is 27.8 Å². The number of rotatable bonds is 7. The lowest BCUT2D eigenvalue weighted by molar-refractivity contribution is -0.138. The molecule has 0 unspecified atom stereocenters. The van der Waals surface area contributed by atoms with Gasteiger partial charge in [-0.3, -0.25) is 4.79 Å². The smallest absolute Gasteiger partial charge is 0.416 e. The van der Waals surface area contributed by atoms with Crippen LogP contribution in [0.1, 0.15) is 34.5 Å². The summed E-state index contributed by atoms with van der Waals surface area (Å²) in [5, 5.41) is 10.5. The van der Waals surface area contributed by atoms with E-state index < -0.39 is 17.7 Å². The Morgan fingerprint density at radius 3 is 2.61 bits per heavy atom. The number of nitrogens with zero attached hydrogens (tertiary/aromatic N) is 1. The number of hydrogen-bond acceptors (Lipinski definition) is 4. The summed E-state index contributed by atoms with van der Waals surface area (Å²) >= 11 is 1.43. The van der Waals surface area contributed by atoms with E-state index in [0.29, 0.717) is 28.5 Å². The number of fused-ring (bicyclic) bond motifs is 1. The first-order valence-corrected chi connectivity index (χ1v) is 11.0. The van der Waals surface area contributed by atoms with E-state index in [1.54, 1.807) is 6.20 Å². The molecule has 2 heterocycles. The van der Waals surface area contributed by atoms with E-state index in [0.717, 1.165) is 33.6 Å². The maximum absolute atomic E-state index is 12.8. The highest BCUT2D eigenvalue weighted by atomic mass is 32.1. The largest absolute Gasteiger partial charge is 0.493 e. The molecule has 0 aliphatic rings. The molecule has 0 spiro atoms. The Balaban J connectivity index is 1.47. The number of carboxylic acids is 1. The van der Waals surface area contributed by atoms with E-state index in [4.69, 9.17) is 9.84 Å². The molecule has 0 fully saturated rings. The molecule has 2 N–H and O–H groups in total. The number of halogens is 3. The molecule has 0 radical (unpaired) electrons. The highest BCUT2D eigenvalue weighted by Gasteiger charge is 2.30.